The lowest BCUT2D eigenvalue weighted by Crippen LogP contribution is -2.15. The number of fused-ring (bicyclic) bond motifs is 1. The van der Waals surface area contributed by atoms with Crippen LogP contribution in [0.15, 0.2) is 41.7 Å². The largest absolute Gasteiger partial charge is 0.417 e. The highest BCUT2D eigenvalue weighted by Gasteiger charge is 2.32. The van der Waals surface area contributed by atoms with Crippen LogP contribution in [-0.2, 0) is 17.1 Å². The molecular weight excluding hydrogens is 446 g/mol. The molecule has 0 spiro atoms. The number of pyridine rings is 1. The third-order valence-corrected chi connectivity index (χ3v) is 4.78. The SMILES string of the molecule is O=C(CSc1nnc2c(Cl)cc(C(F)(F)F)cn12)Nc1cccc(C(F)(F)F)c1. The van der Waals surface area contributed by atoms with Crippen molar-refractivity contribution in [1.82, 2.24) is 14.6 Å². The summed E-state index contributed by atoms with van der Waals surface area (Å²) in [5.74, 6) is -1.01. The Bertz CT molecular complexity index is 1070. The van der Waals surface area contributed by atoms with Crippen molar-refractivity contribution in [2.45, 2.75) is 17.5 Å². The molecule has 1 aromatic carbocycles. The summed E-state index contributed by atoms with van der Waals surface area (Å²) in [7, 11) is 0. The van der Waals surface area contributed by atoms with E-state index in [1.807, 2.05) is 0 Å². The lowest BCUT2D eigenvalue weighted by Gasteiger charge is -2.10. The van der Waals surface area contributed by atoms with Gasteiger partial charge in [-0.1, -0.05) is 29.4 Å². The number of anilines is 1. The van der Waals surface area contributed by atoms with E-state index >= 15 is 0 Å². The van der Waals surface area contributed by atoms with Crippen LogP contribution in [0.2, 0.25) is 5.02 Å². The maximum atomic E-state index is 12.9. The van der Waals surface area contributed by atoms with E-state index in [1.54, 1.807) is 0 Å². The highest BCUT2D eigenvalue weighted by molar-refractivity contribution is 7.99. The van der Waals surface area contributed by atoms with Crippen molar-refractivity contribution < 1.29 is 31.1 Å². The van der Waals surface area contributed by atoms with Crippen LogP contribution in [0.25, 0.3) is 5.65 Å². The van der Waals surface area contributed by atoms with Gasteiger partial charge >= 0.3 is 12.4 Å². The Morgan fingerprint density at radius 3 is 2.41 bits per heavy atom. The Morgan fingerprint density at radius 1 is 1.07 bits per heavy atom. The van der Waals surface area contributed by atoms with Crippen LogP contribution < -0.4 is 5.32 Å². The molecule has 1 N–H and O–H groups in total. The number of carbonyl (C=O) groups is 1. The quantitative estimate of drug-likeness (QED) is 0.437. The summed E-state index contributed by atoms with van der Waals surface area (Å²) in [6, 6.07) is 4.75. The van der Waals surface area contributed by atoms with Gasteiger partial charge in [0.2, 0.25) is 5.91 Å². The van der Waals surface area contributed by atoms with Gasteiger partial charge in [-0.25, -0.2) is 0 Å². The summed E-state index contributed by atoms with van der Waals surface area (Å²) in [6.45, 7) is 0. The van der Waals surface area contributed by atoms with E-state index in [4.69, 9.17) is 11.6 Å². The van der Waals surface area contributed by atoms with Crippen LogP contribution in [0.1, 0.15) is 11.1 Å². The third-order valence-electron chi connectivity index (χ3n) is 3.56. The van der Waals surface area contributed by atoms with Crippen molar-refractivity contribution in [3.05, 3.63) is 52.7 Å². The molecule has 0 unspecified atom stereocenters. The Balaban J connectivity index is 1.74. The zero-order valence-electron chi connectivity index (χ0n) is 14.0. The molecular formula is C16H9ClF6N4OS. The van der Waals surface area contributed by atoms with Gasteiger partial charge in [0.15, 0.2) is 10.8 Å². The second-order valence-corrected chi connectivity index (χ2v) is 7.02. The van der Waals surface area contributed by atoms with Gasteiger partial charge in [-0.2, -0.15) is 26.3 Å². The lowest BCUT2D eigenvalue weighted by molar-refractivity contribution is -0.138. The Labute approximate surface area is 168 Å². The average molecular weight is 455 g/mol. The Kier molecular flexibility index (Phi) is 5.68. The number of rotatable bonds is 4. The molecule has 0 radical (unpaired) electrons. The summed E-state index contributed by atoms with van der Waals surface area (Å²) < 4.78 is 78.0. The molecule has 5 nitrogen and oxygen atoms in total. The molecule has 154 valence electrons. The summed E-state index contributed by atoms with van der Waals surface area (Å²) >= 11 is 6.55. The van der Waals surface area contributed by atoms with E-state index in [2.05, 4.69) is 15.5 Å². The van der Waals surface area contributed by atoms with Crippen molar-refractivity contribution >= 4 is 40.6 Å². The smallest absolute Gasteiger partial charge is 0.325 e. The van der Waals surface area contributed by atoms with E-state index in [0.717, 1.165) is 40.6 Å². The van der Waals surface area contributed by atoms with Crippen LogP contribution in [0.3, 0.4) is 0 Å². The molecule has 13 heteroatoms. The predicted molar refractivity (Wildman–Crippen MR) is 93.8 cm³/mol. The Morgan fingerprint density at radius 2 is 1.76 bits per heavy atom. The fourth-order valence-corrected chi connectivity index (χ4v) is 3.24. The van der Waals surface area contributed by atoms with Crippen molar-refractivity contribution in [2.75, 3.05) is 11.1 Å². The number of aromatic nitrogens is 3. The third kappa shape index (κ3) is 4.93. The highest BCUT2D eigenvalue weighted by Crippen LogP contribution is 2.33. The van der Waals surface area contributed by atoms with Gasteiger partial charge in [0.1, 0.15) is 0 Å². The van der Waals surface area contributed by atoms with Gasteiger partial charge in [0.25, 0.3) is 0 Å². The number of benzene rings is 1. The van der Waals surface area contributed by atoms with Gasteiger partial charge in [-0.3, -0.25) is 9.20 Å². The highest BCUT2D eigenvalue weighted by atomic mass is 35.5. The minimum atomic E-state index is -4.65. The van der Waals surface area contributed by atoms with E-state index in [0.29, 0.717) is 6.07 Å². The molecule has 3 rings (SSSR count). The molecule has 0 aliphatic heterocycles. The average Bonchev–Trinajstić information content (AvgIpc) is 3.02. The van der Waals surface area contributed by atoms with Crippen LogP contribution in [0, 0.1) is 0 Å². The fourth-order valence-electron chi connectivity index (χ4n) is 2.29. The monoisotopic (exact) mass is 454 g/mol. The van der Waals surface area contributed by atoms with Gasteiger partial charge in [0, 0.05) is 11.9 Å². The zero-order valence-corrected chi connectivity index (χ0v) is 15.5. The van der Waals surface area contributed by atoms with Crippen LogP contribution >= 0.6 is 23.4 Å². The number of alkyl halides is 6. The summed E-state index contributed by atoms with van der Waals surface area (Å²) in [5, 5.41) is 9.36. The molecule has 0 bridgehead atoms. The van der Waals surface area contributed by atoms with Crippen molar-refractivity contribution in [3.8, 4) is 0 Å². The van der Waals surface area contributed by atoms with Crippen LogP contribution in [0.4, 0.5) is 32.0 Å². The minimum absolute atomic E-state index is 0.0274. The van der Waals surface area contributed by atoms with Gasteiger partial charge in [-0.15, -0.1) is 10.2 Å². The van der Waals surface area contributed by atoms with E-state index in [1.165, 1.54) is 6.07 Å². The first-order valence-corrected chi connectivity index (χ1v) is 9.03. The zero-order chi connectivity index (χ0) is 21.4. The van der Waals surface area contributed by atoms with Gasteiger partial charge in [0.05, 0.1) is 21.9 Å². The fraction of sp³-hybridized carbons (Fsp3) is 0.188. The second-order valence-electron chi connectivity index (χ2n) is 5.67. The minimum Gasteiger partial charge on any atom is -0.325 e. The number of nitrogens with zero attached hydrogens (tertiary/aromatic N) is 3. The molecule has 2 aromatic heterocycles. The van der Waals surface area contributed by atoms with Gasteiger partial charge in [-0.05, 0) is 24.3 Å². The summed E-state index contributed by atoms with van der Waals surface area (Å²) in [4.78, 5) is 12.0. The molecule has 0 fully saturated rings. The standard InChI is InChI=1S/C16H9ClF6N4OS/c17-11-5-9(16(21,22)23)6-27-13(11)25-26-14(27)29-7-12(28)24-10-3-1-2-8(4-10)15(18,19)20/h1-6H,7H2,(H,24,28). The van der Waals surface area contributed by atoms with Gasteiger partial charge < -0.3 is 5.32 Å². The maximum Gasteiger partial charge on any atom is 0.417 e. The predicted octanol–water partition coefficient (Wildman–Crippen LogP) is 5.15. The van der Waals surface area contributed by atoms with Crippen LogP contribution in [-0.4, -0.2) is 26.3 Å². The first-order valence-electron chi connectivity index (χ1n) is 7.66. The van der Waals surface area contributed by atoms with Crippen molar-refractivity contribution in [2.24, 2.45) is 0 Å². The lowest BCUT2D eigenvalue weighted by atomic mass is 10.2. The van der Waals surface area contributed by atoms with Crippen molar-refractivity contribution in [1.29, 1.82) is 0 Å². The van der Waals surface area contributed by atoms with Crippen molar-refractivity contribution in [3.63, 3.8) is 0 Å². The molecule has 3 aromatic rings. The molecule has 2 heterocycles. The topological polar surface area (TPSA) is 59.3 Å². The number of amides is 1. The molecule has 0 atom stereocenters. The number of halogens is 7. The molecule has 0 saturated heterocycles. The van der Waals surface area contributed by atoms with E-state index in [-0.39, 0.29) is 27.3 Å². The Hall–Kier alpha value is -2.47. The number of hydrogen-bond acceptors (Lipinski definition) is 4. The van der Waals surface area contributed by atoms with E-state index < -0.39 is 29.4 Å². The molecule has 0 aliphatic carbocycles. The number of thioether (sulfide) groups is 1. The van der Waals surface area contributed by atoms with Crippen LogP contribution in [0.5, 0.6) is 0 Å². The van der Waals surface area contributed by atoms with E-state index in [9.17, 15) is 31.1 Å². The number of hydrogen-bond donors (Lipinski definition) is 1. The molecule has 1 amide bonds. The summed E-state index contributed by atoms with van der Waals surface area (Å²) in [5.41, 5.74) is -2.05. The molecule has 29 heavy (non-hydrogen) atoms. The first kappa shape index (κ1) is 21.2. The number of nitrogens with one attached hydrogen (secondary N) is 1. The first-order chi connectivity index (χ1) is 13.4. The second kappa shape index (κ2) is 7.75. The molecule has 0 aliphatic rings. The maximum absolute atomic E-state index is 12.9. The number of carbonyl (C=O) groups excluding carboxylic acids is 1. The molecule has 0 saturated carbocycles. The summed E-state index contributed by atoms with van der Waals surface area (Å²) in [6.07, 6.45) is -8.47. The normalized spacial score (nSPS) is 12.4.